The van der Waals surface area contributed by atoms with E-state index in [1.807, 2.05) is 0 Å². The Morgan fingerprint density at radius 1 is 0.463 bits per heavy atom. The molecule has 6 rings (SSSR count). The van der Waals surface area contributed by atoms with Gasteiger partial charge in [-0.1, -0.05) is 146 Å². The first-order valence-electron chi connectivity index (χ1n) is 13.4. The van der Waals surface area contributed by atoms with Gasteiger partial charge in [-0.3, -0.25) is 0 Å². The third-order valence-corrected chi connectivity index (χ3v) is 12.0. The molecule has 0 aromatic heterocycles. The number of fused-ring (bicyclic) bond motifs is 2. The Morgan fingerprint density at radius 3 is 0.854 bits per heavy atom. The van der Waals surface area contributed by atoms with Gasteiger partial charge in [0.1, 0.15) is 0 Å². The zero-order valence-electron chi connectivity index (χ0n) is 22.4. The molecular formula is C33H32BF4P2Rh-. The third-order valence-electron chi connectivity index (χ3n) is 6.57. The van der Waals surface area contributed by atoms with Crippen LogP contribution in [0.15, 0.2) is 146 Å². The van der Waals surface area contributed by atoms with Gasteiger partial charge in [-0.25, -0.2) is 0 Å². The SMILES string of the molecule is C1=CC2C=CC1C2.F[B-](F)(F)F.[Rh].c1ccc(P(CCP(c2ccccc2)c2ccccc2)c2ccccc2)cc1. The van der Waals surface area contributed by atoms with Crippen LogP contribution in [0, 0.1) is 11.8 Å². The van der Waals surface area contributed by atoms with E-state index in [0.717, 1.165) is 11.8 Å². The Kier molecular flexibility index (Phi) is 13.7. The summed E-state index contributed by atoms with van der Waals surface area (Å²) in [5, 5.41) is 5.89. The van der Waals surface area contributed by atoms with Gasteiger partial charge in [0.15, 0.2) is 0 Å². The van der Waals surface area contributed by atoms with Crippen LogP contribution < -0.4 is 21.2 Å². The van der Waals surface area contributed by atoms with Crippen LogP contribution in [-0.2, 0) is 19.5 Å². The van der Waals surface area contributed by atoms with Crippen LogP contribution in [0.3, 0.4) is 0 Å². The van der Waals surface area contributed by atoms with Crippen LogP contribution in [0.1, 0.15) is 6.42 Å². The van der Waals surface area contributed by atoms with Crippen molar-refractivity contribution >= 4 is 44.3 Å². The minimum atomic E-state index is -6.00. The number of hydrogen-bond acceptors (Lipinski definition) is 0. The molecule has 215 valence electrons. The van der Waals surface area contributed by atoms with Crippen molar-refractivity contribution < 1.29 is 36.7 Å². The minimum Gasteiger partial charge on any atom is -0.418 e. The maximum absolute atomic E-state index is 9.75. The molecule has 0 saturated heterocycles. The van der Waals surface area contributed by atoms with Crippen LogP contribution in [-0.4, -0.2) is 19.6 Å². The minimum absolute atomic E-state index is 0. The molecule has 2 bridgehead atoms. The van der Waals surface area contributed by atoms with Gasteiger partial charge in [-0.05, 0) is 67.6 Å². The van der Waals surface area contributed by atoms with Gasteiger partial charge in [0.25, 0.3) is 0 Å². The normalized spacial score (nSPS) is 16.4. The smallest absolute Gasteiger partial charge is 0.418 e. The van der Waals surface area contributed by atoms with E-state index >= 15 is 0 Å². The second kappa shape index (κ2) is 16.9. The predicted molar refractivity (Wildman–Crippen MR) is 168 cm³/mol. The summed E-state index contributed by atoms with van der Waals surface area (Å²) >= 11 is 0. The zero-order valence-corrected chi connectivity index (χ0v) is 25.9. The third kappa shape index (κ3) is 11.4. The summed E-state index contributed by atoms with van der Waals surface area (Å²) in [7, 11) is -6.70. The van der Waals surface area contributed by atoms with Crippen LogP contribution in [0.2, 0.25) is 0 Å². The summed E-state index contributed by atoms with van der Waals surface area (Å²) in [5.74, 6) is 1.62. The maximum Gasteiger partial charge on any atom is 0.673 e. The maximum atomic E-state index is 9.75. The number of hydrogen-bond donors (Lipinski definition) is 0. The molecule has 0 unspecified atom stereocenters. The molecule has 0 atom stereocenters. The van der Waals surface area contributed by atoms with Crippen molar-refractivity contribution in [2.24, 2.45) is 11.8 Å². The fourth-order valence-corrected chi connectivity index (χ4v) is 10.1. The van der Waals surface area contributed by atoms with E-state index in [-0.39, 0.29) is 35.3 Å². The van der Waals surface area contributed by atoms with E-state index in [9.17, 15) is 17.3 Å². The standard InChI is InChI=1S/C26H24P2.C7H8.BF4.Rh/c1-5-13-23(14-6-1)27(24-15-7-2-8-16-24)21-22-28(25-17-9-3-10-18-25)26-19-11-4-12-20-26;1-2-7-4-3-6(1)5-7;2-1(3,4)5;/h1-20H,21-22H2;1-4,6-7H,5H2;;/q;;-1;. The van der Waals surface area contributed by atoms with Crippen LogP contribution in [0.25, 0.3) is 0 Å². The van der Waals surface area contributed by atoms with Gasteiger partial charge in [-0.2, -0.15) is 0 Å². The Balaban J connectivity index is 0.000000294. The molecular weight excluding hydrogens is 648 g/mol. The van der Waals surface area contributed by atoms with Crippen molar-refractivity contribution in [3.63, 3.8) is 0 Å². The van der Waals surface area contributed by atoms with Gasteiger partial charge in [-0.15, -0.1) is 0 Å². The molecule has 0 saturated carbocycles. The molecule has 0 fully saturated rings. The molecule has 41 heavy (non-hydrogen) atoms. The molecule has 0 spiro atoms. The van der Waals surface area contributed by atoms with E-state index in [4.69, 9.17) is 0 Å². The topological polar surface area (TPSA) is 0 Å². The molecule has 8 heteroatoms. The van der Waals surface area contributed by atoms with Gasteiger partial charge in [0.2, 0.25) is 0 Å². The molecule has 1 radical (unpaired) electrons. The van der Waals surface area contributed by atoms with Crippen molar-refractivity contribution in [1.82, 2.24) is 0 Å². The predicted octanol–water partition coefficient (Wildman–Crippen LogP) is 8.30. The summed E-state index contributed by atoms with van der Waals surface area (Å²) in [5.41, 5.74) is 0. The average molecular weight is 680 g/mol. The summed E-state index contributed by atoms with van der Waals surface area (Å²) < 4.78 is 39.0. The van der Waals surface area contributed by atoms with E-state index in [0.29, 0.717) is 0 Å². The zero-order chi connectivity index (χ0) is 28.2. The molecule has 0 N–H and O–H groups in total. The summed E-state index contributed by atoms with van der Waals surface area (Å²) in [6, 6.07) is 44.2. The van der Waals surface area contributed by atoms with E-state index in [1.54, 1.807) is 0 Å². The van der Waals surface area contributed by atoms with Gasteiger partial charge >= 0.3 is 7.25 Å². The second-order valence-electron chi connectivity index (χ2n) is 9.47. The Hall–Kier alpha value is -2.37. The molecule has 0 amide bonds. The average Bonchev–Trinajstić information content (AvgIpc) is 3.64. The molecule has 2 aliphatic rings. The first kappa shape index (κ1) is 33.1. The van der Waals surface area contributed by atoms with Gasteiger partial charge in [0.05, 0.1) is 0 Å². The van der Waals surface area contributed by atoms with Crippen LogP contribution in [0.5, 0.6) is 0 Å². The summed E-state index contributed by atoms with van der Waals surface area (Å²) in [4.78, 5) is 0. The number of rotatable bonds is 7. The number of benzene rings is 4. The van der Waals surface area contributed by atoms with Crippen LogP contribution >= 0.6 is 15.8 Å². The Labute approximate surface area is 256 Å². The Morgan fingerprint density at radius 2 is 0.683 bits per heavy atom. The van der Waals surface area contributed by atoms with Gasteiger partial charge < -0.3 is 17.3 Å². The first-order chi connectivity index (χ1) is 19.4. The largest absolute Gasteiger partial charge is 0.673 e. The van der Waals surface area contributed by atoms with Crippen molar-refractivity contribution in [2.45, 2.75) is 6.42 Å². The van der Waals surface area contributed by atoms with Crippen molar-refractivity contribution in [2.75, 3.05) is 12.3 Å². The number of halogens is 4. The fourth-order valence-electron chi connectivity index (χ4n) is 4.77. The monoisotopic (exact) mass is 680 g/mol. The summed E-state index contributed by atoms with van der Waals surface area (Å²) in [6.07, 6.45) is 13.0. The molecule has 0 heterocycles. The molecule has 0 aliphatic heterocycles. The fraction of sp³-hybridized carbons (Fsp3) is 0.152. The van der Waals surface area contributed by atoms with E-state index in [2.05, 4.69) is 146 Å². The second-order valence-corrected chi connectivity index (χ2v) is 14.1. The summed E-state index contributed by atoms with van der Waals surface area (Å²) in [6.45, 7) is 0. The van der Waals surface area contributed by atoms with Crippen LogP contribution in [0.4, 0.5) is 17.3 Å². The molecule has 4 aromatic rings. The quantitative estimate of drug-likeness (QED) is 0.0798. The van der Waals surface area contributed by atoms with Crippen molar-refractivity contribution in [3.8, 4) is 0 Å². The number of allylic oxidation sites excluding steroid dienone is 4. The van der Waals surface area contributed by atoms with Crippen molar-refractivity contribution in [3.05, 3.63) is 146 Å². The molecule has 4 aromatic carbocycles. The van der Waals surface area contributed by atoms with E-state index in [1.165, 1.54) is 40.0 Å². The Bertz CT molecular complexity index is 1140. The van der Waals surface area contributed by atoms with Gasteiger partial charge in [0, 0.05) is 19.5 Å². The van der Waals surface area contributed by atoms with Crippen molar-refractivity contribution in [1.29, 1.82) is 0 Å². The molecule has 0 nitrogen and oxygen atoms in total. The first-order valence-corrected chi connectivity index (χ1v) is 16.4. The molecule has 2 aliphatic carbocycles. The van der Waals surface area contributed by atoms with E-state index < -0.39 is 7.25 Å².